The zero-order valence-corrected chi connectivity index (χ0v) is 31.6. The van der Waals surface area contributed by atoms with Crippen LogP contribution in [0.3, 0.4) is 0 Å². The number of hydrogen-bond donors (Lipinski definition) is 1. The third-order valence-corrected chi connectivity index (χ3v) is 10.9. The molecule has 9 nitrogen and oxygen atoms in total. The van der Waals surface area contributed by atoms with Crippen LogP contribution in [0.4, 0.5) is 0 Å². The molecular formula is C43H46N4O5S. The lowest BCUT2D eigenvalue weighted by Gasteiger charge is -2.37. The Hall–Kier alpha value is -4.74. The molecule has 274 valence electrons. The SMILES string of the molecule is COc1ccc(C(OC[C@H]2O[C@@H](n3cnc4c(CCSc5ccc(C(C)(C)C)cc5)ncnc43)C[C@@H]2O)(c2ccccc2)c2ccc(OC)cc2)cc1. The standard InChI is InChI=1S/C43H46N4O5S/c1-42(2,3)29-15-21-35(22-16-29)53-24-23-36-40-41(45-27-44-36)47(28-46-40)39-25-37(48)38(52-39)26-51-43(30-9-7-6-8-10-30,31-11-17-33(49-4)18-12-31)32-13-19-34(50-5)20-14-32/h6-22,27-28,37-39,48H,23-26H2,1-5H3/t37-,38+,39+/m0/s1. The molecule has 0 spiro atoms. The van der Waals surface area contributed by atoms with Crippen molar-refractivity contribution in [3.05, 3.63) is 144 Å². The Morgan fingerprint density at radius 1 is 0.774 bits per heavy atom. The second-order valence-electron chi connectivity index (χ2n) is 14.3. The van der Waals surface area contributed by atoms with E-state index < -0.39 is 24.0 Å². The Labute approximate surface area is 315 Å². The van der Waals surface area contributed by atoms with Gasteiger partial charge in [0.15, 0.2) is 5.65 Å². The molecule has 2 aromatic heterocycles. The van der Waals surface area contributed by atoms with Crippen LogP contribution in [0.2, 0.25) is 0 Å². The minimum atomic E-state index is -1.03. The molecule has 0 bridgehead atoms. The second-order valence-corrected chi connectivity index (χ2v) is 15.4. The van der Waals surface area contributed by atoms with Crippen LogP contribution in [0.15, 0.2) is 121 Å². The lowest BCUT2D eigenvalue weighted by molar-refractivity contribution is -0.0931. The molecule has 1 aliphatic heterocycles. The molecule has 3 atom stereocenters. The summed E-state index contributed by atoms with van der Waals surface area (Å²) in [6, 6.07) is 34.7. The number of aliphatic hydroxyl groups is 1. The van der Waals surface area contributed by atoms with Crippen molar-refractivity contribution >= 4 is 22.9 Å². The molecule has 4 aromatic carbocycles. The Balaban J connectivity index is 1.10. The fourth-order valence-electron chi connectivity index (χ4n) is 6.93. The van der Waals surface area contributed by atoms with E-state index in [9.17, 15) is 5.11 Å². The number of aliphatic hydroxyl groups excluding tert-OH is 1. The van der Waals surface area contributed by atoms with Gasteiger partial charge in [0.2, 0.25) is 0 Å². The average molecular weight is 731 g/mol. The molecule has 0 amide bonds. The van der Waals surface area contributed by atoms with Gasteiger partial charge in [-0.05, 0) is 64.1 Å². The molecule has 0 radical (unpaired) electrons. The Bertz CT molecular complexity index is 2050. The van der Waals surface area contributed by atoms with E-state index in [1.807, 2.05) is 71.3 Å². The number of fused-ring (bicyclic) bond motifs is 1. The van der Waals surface area contributed by atoms with Crippen LogP contribution >= 0.6 is 11.8 Å². The maximum absolute atomic E-state index is 11.4. The van der Waals surface area contributed by atoms with Gasteiger partial charge in [-0.3, -0.25) is 4.57 Å². The highest BCUT2D eigenvalue weighted by Gasteiger charge is 2.42. The maximum atomic E-state index is 11.4. The molecule has 7 rings (SSSR count). The number of thioether (sulfide) groups is 1. The van der Waals surface area contributed by atoms with Gasteiger partial charge in [-0.25, -0.2) is 15.0 Å². The summed E-state index contributed by atoms with van der Waals surface area (Å²) in [5.74, 6) is 2.34. The number of aromatic nitrogens is 4. The van der Waals surface area contributed by atoms with E-state index in [0.717, 1.165) is 51.6 Å². The fraction of sp³-hybridized carbons (Fsp3) is 0.326. The van der Waals surface area contributed by atoms with Crippen LogP contribution in [-0.4, -0.2) is 63.4 Å². The van der Waals surface area contributed by atoms with Crippen LogP contribution in [0.5, 0.6) is 11.5 Å². The highest BCUT2D eigenvalue weighted by Crippen LogP contribution is 2.43. The van der Waals surface area contributed by atoms with Crippen molar-refractivity contribution in [3.63, 3.8) is 0 Å². The van der Waals surface area contributed by atoms with Gasteiger partial charge in [-0.2, -0.15) is 0 Å². The molecular weight excluding hydrogens is 685 g/mol. The van der Waals surface area contributed by atoms with Crippen molar-refractivity contribution in [2.75, 3.05) is 26.6 Å². The highest BCUT2D eigenvalue weighted by atomic mass is 32.2. The van der Waals surface area contributed by atoms with E-state index in [1.54, 1.807) is 38.6 Å². The third kappa shape index (κ3) is 7.68. The van der Waals surface area contributed by atoms with Crippen LogP contribution in [0.25, 0.3) is 11.2 Å². The zero-order valence-electron chi connectivity index (χ0n) is 30.8. The van der Waals surface area contributed by atoms with E-state index in [4.69, 9.17) is 23.9 Å². The lowest BCUT2D eigenvalue weighted by Crippen LogP contribution is -2.38. The Morgan fingerprint density at radius 3 is 1.98 bits per heavy atom. The zero-order chi connectivity index (χ0) is 37.0. The summed E-state index contributed by atoms with van der Waals surface area (Å²) in [6.45, 7) is 6.80. The molecule has 0 aliphatic carbocycles. The summed E-state index contributed by atoms with van der Waals surface area (Å²) in [6.07, 6.45) is 2.57. The topological polar surface area (TPSA) is 101 Å². The van der Waals surface area contributed by atoms with E-state index in [2.05, 4.69) is 67.1 Å². The fourth-order valence-corrected chi connectivity index (χ4v) is 7.79. The van der Waals surface area contributed by atoms with Gasteiger partial charge >= 0.3 is 0 Å². The van der Waals surface area contributed by atoms with Crippen molar-refractivity contribution in [2.24, 2.45) is 0 Å². The molecule has 1 aliphatic rings. The van der Waals surface area contributed by atoms with E-state index in [1.165, 1.54) is 10.5 Å². The quantitative estimate of drug-likeness (QED) is 0.0933. The monoisotopic (exact) mass is 730 g/mol. The summed E-state index contributed by atoms with van der Waals surface area (Å²) in [5.41, 5.74) is 5.48. The number of nitrogens with zero attached hydrogens (tertiary/aromatic N) is 4. The van der Waals surface area contributed by atoms with Crippen LogP contribution in [-0.2, 0) is 26.9 Å². The number of benzene rings is 4. The molecule has 53 heavy (non-hydrogen) atoms. The average Bonchev–Trinajstić information content (AvgIpc) is 3.79. The van der Waals surface area contributed by atoms with Gasteiger partial charge in [0.25, 0.3) is 0 Å². The molecule has 10 heteroatoms. The normalized spacial score (nSPS) is 17.7. The first-order valence-electron chi connectivity index (χ1n) is 17.9. The lowest BCUT2D eigenvalue weighted by atomic mass is 9.80. The van der Waals surface area contributed by atoms with Crippen molar-refractivity contribution in [1.82, 2.24) is 19.5 Å². The predicted molar refractivity (Wildman–Crippen MR) is 208 cm³/mol. The summed E-state index contributed by atoms with van der Waals surface area (Å²) in [4.78, 5) is 15.1. The molecule has 0 saturated carbocycles. The van der Waals surface area contributed by atoms with Gasteiger partial charge in [0.1, 0.15) is 41.3 Å². The number of imidazole rings is 1. The Morgan fingerprint density at radius 2 is 1.38 bits per heavy atom. The van der Waals surface area contributed by atoms with Gasteiger partial charge < -0.3 is 24.1 Å². The van der Waals surface area contributed by atoms with E-state index >= 15 is 0 Å². The minimum absolute atomic E-state index is 0.117. The highest BCUT2D eigenvalue weighted by molar-refractivity contribution is 7.99. The first-order chi connectivity index (χ1) is 25.7. The predicted octanol–water partition coefficient (Wildman–Crippen LogP) is 8.13. The second kappa shape index (κ2) is 15.7. The smallest absolute Gasteiger partial charge is 0.165 e. The minimum Gasteiger partial charge on any atom is -0.497 e. The van der Waals surface area contributed by atoms with E-state index in [0.29, 0.717) is 12.1 Å². The molecule has 6 aromatic rings. The molecule has 0 unspecified atom stereocenters. The van der Waals surface area contributed by atoms with Gasteiger partial charge in [-0.1, -0.05) is 87.5 Å². The van der Waals surface area contributed by atoms with Gasteiger partial charge in [0, 0.05) is 23.5 Å². The van der Waals surface area contributed by atoms with Crippen molar-refractivity contribution in [1.29, 1.82) is 0 Å². The molecule has 3 heterocycles. The molecule has 1 N–H and O–H groups in total. The van der Waals surface area contributed by atoms with E-state index in [-0.39, 0.29) is 12.0 Å². The van der Waals surface area contributed by atoms with Crippen molar-refractivity contribution < 1.29 is 24.1 Å². The van der Waals surface area contributed by atoms with Crippen LogP contribution in [0.1, 0.15) is 61.4 Å². The number of methoxy groups -OCH3 is 2. The number of hydrogen-bond acceptors (Lipinski definition) is 9. The summed E-state index contributed by atoms with van der Waals surface area (Å²) < 4.78 is 26.5. The molecule has 1 saturated heterocycles. The first-order valence-corrected chi connectivity index (χ1v) is 18.9. The number of aryl methyl sites for hydroxylation is 1. The maximum Gasteiger partial charge on any atom is 0.165 e. The summed E-state index contributed by atoms with van der Waals surface area (Å²) in [5, 5.41) is 11.4. The van der Waals surface area contributed by atoms with Crippen molar-refractivity contribution in [2.45, 2.75) is 68.0 Å². The third-order valence-electron chi connectivity index (χ3n) is 9.91. The van der Waals surface area contributed by atoms with Gasteiger partial charge in [-0.15, -0.1) is 11.8 Å². The van der Waals surface area contributed by atoms with Gasteiger partial charge in [0.05, 0.1) is 39.0 Å². The Kier molecular flexibility index (Phi) is 10.8. The number of ether oxygens (including phenoxy) is 4. The number of rotatable bonds is 13. The van der Waals surface area contributed by atoms with Crippen molar-refractivity contribution in [3.8, 4) is 11.5 Å². The largest absolute Gasteiger partial charge is 0.497 e. The van der Waals surface area contributed by atoms with Crippen LogP contribution < -0.4 is 9.47 Å². The molecule has 1 fully saturated rings. The first kappa shape index (κ1) is 36.6. The van der Waals surface area contributed by atoms with Crippen LogP contribution in [0, 0.1) is 0 Å². The summed E-state index contributed by atoms with van der Waals surface area (Å²) in [7, 11) is 3.30. The summed E-state index contributed by atoms with van der Waals surface area (Å²) >= 11 is 1.80.